The van der Waals surface area contributed by atoms with Crippen molar-refractivity contribution in [3.8, 4) is 17.1 Å². The maximum absolute atomic E-state index is 13.8. The number of unbranched alkanes of at least 4 members (excludes halogenated alkanes) is 2. The topological polar surface area (TPSA) is 247 Å². The van der Waals surface area contributed by atoms with Gasteiger partial charge in [-0.3, -0.25) is 24.0 Å². The molecule has 0 spiro atoms. The molecular formula is C51H71N5O14. The molecule has 70 heavy (non-hydrogen) atoms. The fourth-order valence-corrected chi connectivity index (χ4v) is 6.85. The summed E-state index contributed by atoms with van der Waals surface area (Å²) in [7, 11) is 0. The summed E-state index contributed by atoms with van der Waals surface area (Å²) in [4.78, 5) is 110. The minimum absolute atomic E-state index is 0.0498. The minimum Gasteiger partial charge on any atom is -0.493 e. The van der Waals surface area contributed by atoms with Crippen LogP contribution in [0.1, 0.15) is 158 Å². The molecule has 2 aromatic carbocycles. The SMILES string of the molecule is CCCCC[C@@H](C(=O)NCNC(=O)c1ccc(-c2ccc(C(=O)N[C@@H](CC(=O)OC(C)(C)C)C(=O)OC(C)(C)C)c(OCC)c2)o1)[C@@H](CC)N(C=O)OC(=O)c1ccc(CNC(=O)OC(C)(C)C)cc1. The zero-order valence-electron chi connectivity index (χ0n) is 42.5. The first-order valence-corrected chi connectivity index (χ1v) is 23.5. The van der Waals surface area contributed by atoms with Crippen LogP contribution in [0.4, 0.5) is 4.79 Å². The van der Waals surface area contributed by atoms with Crippen LogP contribution in [0.25, 0.3) is 11.3 Å². The Hall–Kier alpha value is -6.92. The van der Waals surface area contributed by atoms with Crippen molar-refractivity contribution in [1.29, 1.82) is 0 Å². The molecule has 4 N–H and O–H groups in total. The zero-order valence-corrected chi connectivity index (χ0v) is 42.5. The third-order valence-corrected chi connectivity index (χ3v) is 9.92. The number of esters is 2. The molecule has 0 aliphatic rings. The first kappa shape index (κ1) is 57.4. The maximum atomic E-state index is 13.8. The van der Waals surface area contributed by atoms with Gasteiger partial charge in [0, 0.05) is 12.1 Å². The molecule has 0 radical (unpaired) electrons. The lowest BCUT2D eigenvalue weighted by molar-refractivity contribution is -0.171. The third-order valence-electron chi connectivity index (χ3n) is 9.92. The molecule has 384 valence electrons. The predicted molar refractivity (Wildman–Crippen MR) is 258 cm³/mol. The molecule has 0 aliphatic heterocycles. The van der Waals surface area contributed by atoms with E-state index in [9.17, 15) is 38.4 Å². The van der Waals surface area contributed by atoms with Crippen LogP contribution < -0.4 is 26.0 Å². The molecule has 5 amide bonds. The first-order chi connectivity index (χ1) is 32.8. The van der Waals surface area contributed by atoms with Crippen LogP contribution in [0.15, 0.2) is 59.0 Å². The quantitative estimate of drug-likeness (QED) is 0.0169. The average Bonchev–Trinajstić information content (AvgIpc) is 3.76. The van der Waals surface area contributed by atoms with Crippen LogP contribution in [0, 0.1) is 5.92 Å². The van der Waals surface area contributed by atoms with Gasteiger partial charge >= 0.3 is 24.0 Å². The zero-order chi connectivity index (χ0) is 52.4. The van der Waals surface area contributed by atoms with Gasteiger partial charge < -0.3 is 49.5 Å². The maximum Gasteiger partial charge on any atom is 0.407 e. The smallest absolute Gasteiger partial charge is 0.407 e. The Kier molecular flexibility index (Phi) is 21.5. The number of carbonyl (C=O) groups excluding carboxylic acids is 8. The molecular weight excluding hydrogens is 907 g/mol. The summed E-state index contributed by atoms with van der Waals surface area (Å²) in [6.45, 7) is 20.8. The number of alkyl carbamates (subject to hydrolysis) is 1. The van der Waals surface area contributed by atoms with Gasteiger partial charge in [0.25, 0.3) is 11.8 Å². The van der Waals surface area contributed by atoms with E-state index in [1.54, 1.807) is 100 Å². The summed E-state index contributed by atoms with van der Waals surface area (Å²) in [5.41, 5.74) is -1.08. The van der Waals surface area contributed by atoms with Gasteiger partial charge in [-0.1, -0.05) is 51.3 Å². The second kappa shape index (κ2) is 26.2. The number of amides is 5. The molecule has 0 aliphatic carbocycles. The molecule has 1 heterocycles. The van der Waals surface area contributed by atoms with Crippen molar-refractivity contribution in [3.63, 3.8) is 0 Å². The number of nitrogens with zero attached hydrogens (tertiary/aromatic N) is 1. The van der Waals surface area contributed by atoms with Gasteiger partial charge in [0.15, 0.2) is 5.76 Å². The van der Waals surface area contributed by atoms with Gasteiger partial charge in [-0.25, -0.2) is 14.4 Å². The second-order valence-electron chi connectivity index (χ2n) is 19.4. The van der Waals surface area contributed by atoms with Crippen LogP contribution in [-0.4, -0.2) is 95.4 Å². The lowest BCUT2D eigenvalue weighted by atomic mass is 9.90. The van der Waals surface area contributed by atoms with E-state index in [0.717, 1.165) is 17.9 Å². The first-order valence-electron chi connectivity index (χ1n) is 23.5. The molecule has 0 bridgehead atoms. The van der Waals surface area contributed by atoms with E-state index in [4.69, 9.17) is 28.2 Å². The summed E-state index contributed by atoms with van der Waals surface area (Å²) in [5, 5.41) is 11.4. The highest BCUT2D eigenvalue weighted by atomic mass is 16.7. The summed E-state index contributed by atoms with van der Waals surface area (Å²) < 4.78 is 27.8. The largest absolute Gasteiger partial charge is 0.493 e. The van der Waals surface area contributed by atoms with Crippen molar-refractivity contribution in [1.82, 2.24) is 26.3 Å². The lowest BCUT2D eigenvalue weighted by Crippen LogP contribution is -2.49. The number of benzene rings is 2. The lowest BCUT2D eigenvalue weighted by Gasteiger charge is -2.31. The number of hydrogen-bond donors (Lipinski definition) is 4. The average molecular weight is 978 g/mol. The molecule has 19 heteroatoms. The van der Waals surface area contributed by atoms with E-state index in [1.165, 1.54) is 30.3 Å². The second-order valence-corrected chi connectivity index (χ2v) is 19.4. The van der Waals surface area contributed by atoms with Crippen molar-refractivity contribution < 1.29 is 66.6 Å². The number of rotatable bonds is 24. The van der Waals surface area contributed by atoms with E-state index in [-0.39, 0.29) is 54.6 Å². The summed E-state index contributed by atoms with van der Waals surface area (Å²) >= 11 is 0. The van der Waals surface area contributed by atoms with E-state index in [1.807, 2.05) is 6.92 Å². The monoisotopic (exact) mass is 977 g/mol. The Morgan fingerprint density at radius 1 is 0.743 bits per heavy atom. The van der Waals surface area contributed by atoms with Gasteiger partial charge in [-0.05, 0) is 124 Å². The molecule has 19 nitrogen and oxygen atoms in total. The fraction of sp³-hybridized carbons (Fsp3) is 0.529. The summed E-state index contributed by atoms with van der Waals surface area (Å²) in [6, 6.07) is 11.5. The number of ether oxygens (including phenoxy) is 4. The molecule has 0 unspecified atom stereocenters. The Labute approximate surface area is 410 Å². The number of hydroxylamine groups is 2. The van der Waals surface area contributed by atoms with Crippen LogP contribution in [0.5, 0.6) is 5.75 Å². The van der Waals surface area contributed by atoms with Crippen molar-refractivity contribution in [2.45, 2.75) is 157 Å². The summed E-state index contributed by atoms with van der Waals surface area (Å²) in [5.74, 6) is -4.76. The number of furan rings is 1. The van der Waals surface area contributed by atoms with Crippen molar-refractivity contribution in [2.24, 2.45) is 5.92 Å². The van der Waals surface area contributed by atoms with Crippen molar-refractivity contribution in [2.75, 3.05) is 13.3 Å². The van der Waals surface area contributed by atoms with Crippen LogP contribution in [0.3, 0.4) is 0 Å². The fourth-order valence-electron chi connectivity index (χ4n) is 6.85. The highest BCUT2D eigenvalue weighted by molar-refractivity contribution is 6.00. The van der Waals surface area contributed by atoms with E-state index in [2.05, 4.69) is 21.3 Å². The molecule has 3 aromatic rings. The Morgan fingerprint density at radius 3 is 1.99 bits per heavy atom. The van der Waals surface area contributed by atoms with Crippen molar-refractivity contribution >= 4 is 48.1 Å². The Morgan fingerprint density at radius 2 is 1.40 bits per heavy atom. The molecule has 0 saturated heterocycles. The van der Waals surface area contributed by atoms with Gasteiger partial charge in [0.1, 0.15) is 34.4 Å². The number of nitrogens with one attached hydrogen (secondary N) is 4. The molecule has 1 aromatic heterocycles. The van der Waals surface area contributed by atoms with Crippen molar-refractivity contribution in [3.05, 3.63) is 77.0 Å². The van der Waals surface area contributed by atoms with Crippen LogP contribution in [0.2, 0.25) is 0 Å². The van der Waals surface area contributed by atoms with Gasteiger partial charge in [-0.15, -0.1) is 0 Å². The standard InChI is InChI=1S/C51H71N5O14/c1-13-16-17-18-35(38(14-2)56(31-57)70-46(62)33-21-19-32(20-22-33)29-52-48(64)69-51(10,11)12)43(59)53-30-54-45(61)40-26-25-39(66-40)34-23-24-36(41(27-34)65-15-3)44(60)55-37(47(63)68-50(7,8)9)28-42(58)67-49(4,5)6/h19-27,31,35,37-38H,13-18,28-30H2,1-12H3,(H,52,64)(H,53,59)(H,54,61)(H,55,60)/t35-,37+,38-/m1/s1. The van der Waals surface area contributed by atoms with Gasteiger partial charge in [0.05, 0.1) is 42.8 Å². The predicted octanol–water partition coefficient (Wildman–Crippen LogP) is 7.55. The van der Waals surface area contributed by atoms with Gasteiger partial charge in [-0.2, -0.15) is 5.06 Å². The summed E-state index contributed by atoms with van der Waals surface area (Å²) in [6.07, 6.45) is 2.21. The van der Waals surface area contributed by atoms with Crippen LogP contribution in [-0.2, 0) is 44.8 Å². The van der Waals surface area contributed by atoms with E-state index in [0.29, 0.717) is 30.4 Å². The van der Waals surface area contributed by atoms with E-state index >= 15 is 0 Å². The number of carbonyl (C=O) groups is 8. The third kappa shape index (κ3) is 19.2. The minimum atomic E-state index is -1.37. The molecule has 3 atom stereocenters. The Balaban J connectivity index is 1.70. The molecule has 0 saturated carbocycles. The van der Waals surface area contributed by atoms with E-state index < -0.39 is 82.9 Å². The molecule has 0 fully saturated rings. The molecule has 3 rings (SSSR count). The van der Waals surface area contributed by atoms with Crippen LogP contribution >= 0.6 is 0 Å². The number of hydrogen-bond acceptors (Lipinski definition) is 14. The highest BCUT2D eigenvalue weighted by Crippen LogP contribution is 2.30. The highest BCUT2D eigenvalue weighted by Gasteiger charge is 2.35. The Bertz CT molecular complexity index is 2270. The van der Waals surface area contributed by atoms with Gasteiger partial charge in [0.2, 0.25) is 12.3 Å². The normalized spacial score (nSPS) is 12.8.